The highest BCUT2D eigenvalue weighted by Crippen LogP contribution is 2.33. The van der Waals surface area contributed by atoms with Gasteiger partial charge >= 0.3 is 5.97 Å². The molecule has 1 saturated carbocycles. The van der Waals surface area contributed by atoms with Crippen LogP contribution in [0.25, 0.3) is 0 Å². The molecule has 0 unspecified atom stereocenters. The summed E-state index contributed by atoms with van der Waals surface area (Å²) in [5.74, 6) is -1.07. The maximum absolute atomic E-state index is 10.5. The third kappa shape index (κ3) is 1.14. The lowest BCUT2D eigenvalue weighted by Crippen LogP contribution is -2.43. The van der Waals surface area contributed by atoms with Gasteiger partial charge in [-0.05, 0) is 19.8 Å². The summed E-state index contributed by atoms with van der Waals surface area (Å²) in [6.07, 6.45) is 2.52. The standard InChI is InChI=1S/C7H13NO2/c1-7(8)4-2-3-5(7)6(9)10/h5H,2-4,8H2,1H3,(H,9,10)/t5-,7+/m1/s1. The summed E-state index contributed by atoms with van der Waals surface area (Å²) in [7, 11) is 0. The minimum atomic E-state index is -0.748. The highest BCUT2D eigenvalue weighted by molar-refractivity contribution is 5.72. The van der Waals surface area contributed by atoms with Crippen LogP contribution < -0.4 is 5.73 Å². The van der Waals surface area contributed by atoms with Crippen molar-refractivity contribution in [1.29, 1.82) is 0 Å². The normalized spacial score (nSPS) is 40.0. The van der Waals surface area contributed by atoms with Gasteiger partial charge in [0.15, 0.2) is 0 Å². The zero-order valence-corrected chi connectivity index (χ0v) is 6.13. The molecule has 0 aliphatic heterocycles. The second-order valence-corrected chi connectivity index (χ2v) is 3.29. The van der Waals surface area contributed by atoms with Crippen molar-refractivity contribution in [2.75, 3.05) is 0 Å². The van der Waals surface area contributed by atoms with Crippen LogP contribution in [0.4, 0.5) is 0 Å². The van der Waals surface area contributed by atoms with Crippen molar-refractivity contribution in [3.8, 4) is 0 Å². The Hall–Kier alpha value is -0.570. The van der Waals surface area contributed by atoms with Crippen LogP contribution in [0.1, 0.15) is 26.2 Å². The van der Waals surface area contributed by atoms with Crippen molar-refractivity contribution >= 4 is 5.97 Å². The van der Waals surface area contributed by atoms with Gasteiger partial charge in [-0.3, -0.25) is 4.79 Å². The number of carboxylic acid groups (broad SMARTS) is 1. The van der Waals surface area contributed by atoms with Crippen LogP contribution in [-0.2, 0) is 4.79 Å². The van der Waals surface area contributed by atoms with Crippen molar-refractivity contribution in [1.82, 2.24) is 0 Å². The van der Waals surface area contributed by atoms with Gasteiger partial charge in [0.1, 0.15) is 0 Å². The minimum Gasteiger partial charge on any atom is -0.481 e. The van der Waals surface area contributed by atoms with Gasteiger partial charge < -0.3 is 10.8 Å². The summed E-state index contributed by atoms with van der Waals surface area (Å²) < 4.78 is 0. The van der Waals surface area contributed by atoms with Crippen LogP contribution in [0.3, 0.4) is 0 Å². The molecule has 2 atom stereocenters. The molecule has 0 heterocycles. The van der Waals surface area contributed by atoms with Gasteiger partial charge in [0.25, 0.3) is 0 Å². The first-order valence-electron chi connectivity index (χ1n) is 3.56. The van der Waals surface area contributed by atoms with E-state index in [4.69, 9.17) is 10.8 Å². The fraction of sp³-hybridized carbons (Fsp3) is 0.857. The van der Waals surface area contributed by atoms with Gasteiger partial charge in [0.2, 0.25) is 0 Å². The van der Waals surface area contributed by atoms with Gasteiger partial charge in [-0.15, -0.1) is 0 Å². The first-order valence-corrected chi connectivity index (χ1v) is 3.56. The molecule has 0 aromatic heterocycles. The van der Waals surface area contributed by atoms with Crippen molar-refractivity contribution in [2.24, 2.45) is 11.7 Å². The van der Waals surface area contributed by atoms with Gasteiger partial charge in [0, 0.05) is 5.54 Å². The van der Waals surface area contributed by atoms with Crippen molar-refractivity contribution < 1.29 is 9.90 Å². The van der Waals surface area contributed by atoms with E-state index in [1.165, 1.54) is 0 Å². The number of hydrogen-bond acceptors (Lipinski definition) is 2. The molecule has 0 aromatic carbocycles. The molecule has 0 bridgehead atoms. The maximum Gasteiger partial charge on any atom is 0.308 e. The highest BCUT2D eigenvalue weighted by Gasteiger charge is 2.39. The van der Waals surface area contributed by atoms with Crippen LogP contribution >= 0.6 is 0 Å². The molecule has 0 saturated heterocycles. The lowest BCUT2D eigenvalue weighted by atomic mass is 9.90. The number of nitrogens with two attached hydrogens (primary N) is 1. The predicted molar refractivity (Wildman–Crippen MR) is 37.6 cm³/mol. The Bertz CT molecular complexity index is 154. The van der Waals surface area contributed by atoms with Crippen molar-refractivity contribution in [2.45, 2.75) is 31.7 Å². The maximum atomic E-state index is 10.5. The van der Waals surface area contributed by atoms with Crippen LogP contribution in [0.2, 0.25) is 0 Å². The average molecular weight is 143 g/mol. The monoisotopic (exact) mass is 143 g/mol. The van der Waals surface area contributed by atoms with E-state index in [1.54, 1.807) is 0 Å². The second-order valence-electron chi connectivity index (χ2n) is 3.29. The third-order valence-corrected chi connectivity index (χ3v) is 2.30. The number of carbonyl (C=O) groups is 1. The Morgan fingerprint density at radius 2 is 2.40 bits per heavy atom. The first kappa shape index (κ1) is 7.54. The minimum absolute atomic E-state index is 0.326. The van der Waals surface area contributed by atoms with E-state index in [0.29, 0.717) is 0 Å². The lowest BCUT2D eigenvalue weighted by molar-refractivity contribution is -0.143. The highest BCUT2D eigenvalue weighted by atomic mass is 16.4. The predicted octanol–water partition coefficient (Wildman–Crippen LogP) is 0.589. The second kappa shape index (κ2) is 2.23. The Labute approximate surface area is 60.2 Å². The Kier molecular flexibility index (Phi) is 1.68. The molecular formula is C7H13NO2. The van der Waals surface area contributed by atoms with E-state index in [0.717, 1.165) is 19.3 Å². The van der Waals surface area contributed by atoms with Gasteiger partial charge in [-0.1, -0.05) is 6.42 Å². The molecule has 0 radical (unpaired) electrons. The van der Waals surface area contributed by atoms with E-state index >= 15 is 0 Å². The number of hydrogen-bond donors (Lipinski definition) is 2. The van der Waals surface area contributed by atoms with Crippen molar-refractivity contribution in [3.63, 3.8) is 0 Å². The van der Waals surface area contributed by atoms with E-state index < -0.39 is 11.5 Å². The largest absolute Gasteiger partial charge is 0.481 e. The number of aliphatic carboxylic acids is 1. The van der Waals surface area contributed by atoms with Crippen LogP contribution in [0.15, 0.2) is 0 Å². The third-order valence-electron chi connectivity index (χ3n) is 2.30. The molecular weight excluding hydrogens is 130 g/mol. The van der Waals surface area contributed by atoms with Crippen LogP contribution in [-0.4, -0.2) is 16.6 Å². The molecule has 10 heavy (non-hydrogen) atoms. The molecule has 58 valence electrons. The van der Waals surface area contributed by atoms with Gasteiger partial charge in [0.05, 0.1) is 5.92 Å². The Balaban J connectivity index is 2.68. The summed E-state index contributed by atoms with van der Waals surface area (Å²) in [5, 5.41) is 8.67. The summed E-state index contributed by atoms with van der Waals surface area (Å²) in [5.41, 5.74) is 5.28. The molecule has 3 nitrogen and oxygen atoms in total. The SMILES string of the molecule is C[C@]1(N)CCC[C@@H]1C(=O)O. The molecule has 0 amide bonds. The summed E-state index contributed by atoms with van der Waals surface area (Å²) in [4.78, 5) is 10.5. The molecule has 3 heteroatoms. The zero-order chi connectivity index (χ0) is 7.78. The molecule has 1 fully saturated rings. The van der Waals surface area contributed by atoms with E-state index in [9.17, 15) is 4.79 Å². The molecule has 1 aliphatic rings. The Morgan fingerprint density at radius 1 is 1.80 bits per heavy atom. The first-order chi connectivity index (χ1) is 4.54. The van der Waals surface area contributed by atoms with Crippen LogP contribution in [0, 0.1) is 5.92 Å². The average Bonchev–Trinajstić information content (AvgIpc) is 2.08. The molecule has 0 spiro atoms. The lowest BCUT2D eigenvalue weighted by Gasteiger charge is -2.22. The summed E-state index contributed by atoms with van der Waals surface area (Å²) in [6.45, 7) is 1.82. The fourth-order valence-corrected chi connectivity index (χ4v) is 1.60. The van der Waals surface area contributed by atoms with Crippen LogP contribution in [0.5, 0.6) is 0 Å². The zero-order valence-electron chi connectivity index (χ0n) is 6.13. The van der Waals surface area contributed by atoms with Gasteiger partial charge in [-0.25, -0.2) is 0 Å². The molecule has 1 rings (SSSR count). The van der Waals surface area contributed by atoms with E-state index in [2.05, 4.69) is 0 Å². The molecule has 1 aliphatic carbocycles. The summed E-state index contributed by atoms with van der Waals surface area (Å²) in [6, 6.07) is 0. The van der Waals surface area contributed by atoms with Crippen molar-refractivity contribution in [3.05, 3.63) is 0 Å². The summed E-state index contributed by atoms with van der Waals surface area (Å²) >= 11 is 0. The van der Waals surface area contributed by atoms with E-state index in [1.807, 2.05) is 6.92 Å². The van der Waals surface area contributed by atoms with Gasteiger partial charge in [-0.2, -0.15) is 0 Å². The molecule has 0 aromatic rings. The smallest absolute Gasteiger partial charge is 0.308 e. The number of rotatable bonds is 1. The van der Waals surface area contributed by atoms with E-state index in [-0.39, 0.29) is 5.92 Å². The fourth-order valence-electron chi connectivity index (χ4n) is 1.60. The Morgan fingerprint density at radius 3 is 2.60 bits per heavy atom. The number of carboxylic acids is 1. The molecule has 3 N–H and O–H groups in total. The quantitative estimate of drug-likeness (QED) is 0.564. The topological polar surface area (TPSA) is 63.3 Å².